The molecule has 0 saturated carbocycles. The largest absolute Gasteiger partial charge is 0.497 e. The molecule has 1 aliphatic rings. The van der Waals surface area contributed by atoms with Gasteiger partial charge in [-0.05, 0) is 90.7 Å². The van der Waals surface area contributed by atoms with Crippen LogP contribution in [0.3, 0.4) is 0 Å². The molecule has 0 spiro atoms. The van der Waals surface area contributed by atoms with Crippen molar-refractivity contribution in [3.63, 3.8) is 0 Å². The Hall–Kier alpha value is -5.50. The zero-order chi connectivity index (χ0) is 42.7. The van der Waals surface area contributed by atoms with Crippen LogP contribution in [0, 0.1) is 12.7 Å². The SMILES string of the molecule is COc1ccc(-c2nccc(COc3ccccc3CC(C)(O)c3ncnc4sc(-c5ccc(F)cc5)c(-c5ccc(OCCN6CC[N+](C)(C)CC6)c(Cl)c5C)c34)n2)cc1. The first-order chi connectivity index (χ1) is 29.4. The van der Waals surface area contributed by atoms with Crippen molar-refractivity contribution in [3.05, 3.63) is 137 Å². The molecular formula is C48H49ClFN6O4S+. The summed E-state index contributed by atoms with van der Waals surface area (Å²) in [4.78, 5) is 22.7. The maximum absolute atomic E-state index is 14.3. The lowest BCUT2D eigenvalue weighted by atomic mass is 9.87. The number of ether oxygens (including phenoxy) is 3. The van der Waals surface area contributed by atoms with E-state index in [1.807, 2.05) is 73.7 Å². The molecule has 4 heterocycles. The van der Waals surface area contributed by atoms with Crippen LogP contribution in [0.25, 0.3) is 43.2 Å². The average Bonchev–Trinajstić information content (AvgIpc) is 3.65. The van der Waals surface area contributed by atoms with Crippen LogP contribution in [-0.4, -0.2) is 95.0 Å². The second-order valence-corrected chi connectivity index (χ2v) is 17.7. The predicted octanol–water partition coefficient (Wildman–Crippen LogP) is 9.39. The summed E-state index contributed by atoms with van der Waals surface area (Å²) in [6, 6.07) is 27.4. The molecule has 0 amide bonds. The number of fused-ring (bicyclic) bond motifs is 1. The number of quaternary nitrogens is 1. The Kier molecular flexibility index (Phi) is 12.3. The van der Waals surface area contributed by atoms with Gasteiger partial charge in [0.25, 0.3) is 0 Å². The number of nitrogens with zero attached hydrogens (tertiary/aromatic N) is 6. The Balaban J connectivity index is 1.10. The molecule has 0 radical (unpaired) electrons. The number of rotatable bonds is 14. The topological polar surface area (TPSA) is 103 Å². The van der Waals surface area contributed by atoms with Crippen LogP contribution in [0.15, 0.2) is 104 Å². The number of halogens is 2. The first-order valence-electron chi connectivity index (χ1n) is 20.3. The summed E-state index contributed by atoms with van der Waals surface area (Å²) in [6.45, 7) is 9.53. The van der Waals surface area contributed by atoms with Crippen LogP contribution < -0.4 is 14.2 Å². The lowest BCUT2D eigenvalue weighted by Gasteiger charge is -2.39. The van der Waals surface area contributed by atoms with Crippen molar-refractivity contribution >= 4 is 33.2 Å². The summed E-state index contributed by atoms with van der Waals surface area (Å²) < 4.78 is 33.3. The van der Waals surface area contributed by atoms with Gasteiger partial charge in [-0.15, -0.1) is 11.3 Å². The zero-order valence-electron chi connectivity index (χ0n) is 35.0. The molecule has 1 unspecified atom stereocenters. The van der Waals surface area contributed by atoms with E-state index in [9.17, 15) is 9.50 Å². The first kappa shape index (κ1) is 42.2. The lowest BCUT2D eigenvalue weighted by Crippen LogP contribution is -2.55. The molecule has 0 bridgehead atoms. The lowest BCUT2D eigenvalue weighted by molar-refractivity contribution is -0.894. The Labute approximate surface area is 364 Å². The number of thiophene rings is 1. The standard InChI is InChI=1S/C48H49ClFN6O4S/c1-31-38(18-19-40(43(31)49)59-27-24-55-22-25-56(3,4)26-23-55)41-42-45(52-30-53-47(42)61-44(41)32-10-14-35(50)15-11-32)48(2,57)28-34-8-6-7-9-39(34)60-29-36-20-21-51-46(54-36)33-12-16-37(58-5)17-13-33/h6-21,30,57H,22-29H2,1-5H3/q+1. The van der Waals surface area contributed by atoms with Gasteiger partial charge >= 0.3 is 0 Å². The number of hydrogen-bond acceptors (Lipinski definition) is 10. The minimum absolute atomic E-state index is 0.178. The van der Waals surface area contributed by atoms with Crippen LogP contribution in [0.1, 0.15) is 29.4 Å². The third-order valence-electron chi connectivity index (χ3n) is 11.4. The number of benzene rings is 4. The van der Waals surface area contributed by atoms with Crippen LogP contribution in [0.5, 0.6) is 17.2 Å². The summed E-state index contributed by atoms with van der Waals surface area (Å²) in [6.07, 6.45) is 3.38. The quantitative estimate of drug-likeness (QED) is 0.107. The van der Waals surface area contributed by atoms with Gasteiger partial charge in [-0.1, -0.05) is 48.0 Å². The van der Waals surface area contributed by atoms with Crippen molar-refractivity contribution in [3.8, 4) is 50.2 Å². The van der Waals surface area contributed by atoms with Crippen molar-refractivity contribution in [2.24, 2.45) is 0 Å². The van der Waals surface area contributed by atoms with Gasteiger partial charge in [0, 0.05) is 53.6 Å². The Morgan fingerprint density at radius 3 is 2.38 bits per heavy atom. The molecule has 1 aliphatic heterocycles. The molecule has 1 saturated heterocycles. The average molecular weight is 860 g/mol. The smallest absolute Gasteiger partial charge is 0.159 e. The molecule has 1 fully saturated rings. The van der Waals surface area contributed by atoms with Gasteiger partial charge in [0.05, 0.1) is 50.7 Å². The molecule has 7 aromatic rings. The Bertz CT molecular complexity index is 2650. The molecule has 8 rings (SSSR count). The highest BCUT2D eigenvalue weighted by Gasteiger charge is 2.33. The van der Waals surface area contributed by atoms with Gasteiger partial charge < -0.3 is 23.8 Å². The van der Waals surface area contributed by atoms with Gasteiger partial charge in [-0.2, -0.15) is 0 Å². The van der Waals surface area contributed by atoms with Gasteiger partial charge in [0.15, 0.2) is 5.82 Å². The van der Waals surface area contributed by atoms with Gasteiger partial charge in [0.1, 0.15) is 53.0 Å². The van der Waals surface area contributed by atoms with Crippen molar-refractivity contribution in [2.45, 2.75) is 32.5 Å². The van der Waals surface area contributed by atoms with Crippen LogP contribution in [-0.2, 0) is 18.6 Å². The van der Waals surface area contributed by atoms with Crippen molar-refractivity contribution in [1.82, 2.24) is 24.8 Å². The van der Waals surface area contributed by atoms with Crippen LogP contribution in [0.2, 0.25) is 5.02 Å². The summed E-state index contributed by atoms with van der Waals surface area (Å²) in [5, 5.41) is 13.8. The number of likely N-dealkylation sites (N-methyl/N-ethyl adjacent to an activating group) is 1. The third-order valence-corrected chi connectivity index (χ3v) is 13.0. The minimum Gasteiger partial charge on any atom is -0.497 e. The van der Waals surface area contributed by atoms with Gasteiger partial charge in [-0.3, -0.25) is 4.90 Å². The zero-order valence-corrected chi connectivity index (χ0v) is 36.6. The maximum Gasteiger partial charge on any atom is 0.159 e. The summed E-state index contributed by atoms with van der Waals surface area (Å²) in [5.74, 6) is 2.22. The molecule has 13 heteroatoms. The molecule has 61 heavy (non-hydrogen) atoms. The number of methoxy groups -OCH3 is 1. The fourth-order valence-electron chi connectivity index (χ4n) is 7.75. The minimum atomic E-state index is -1.49. The van der Waals surface area contributed by atoms with Crippen molar-refractivity contribution in [2.75, 3.05) is 60.5 Å². The molecule has 1 N–H and O–H groups in total. The predicted molar refractivity (Wildman–Crippen MR) is 240 cm³/mol. The third kappa shape index (κ3) is 9.39. The highest BCUT2D eigenvalue weighted by atomic mass is 35.5. The van der Waals surface area contributed by atoms with E-state index in [0.717, 1.165) is 81.2 Å². The molecular weight excluding hydrogens is 811 g/mol. The van der Waals surface area contributed by atoms with Crippen LogP contribution in [0.4, 0.5) is 4.39 Å². The van der Waals surface area contributed by atoms with Gasteiger partial charge in [-0.25, -0.2) is 24.3 Å². The summed E-state index contributed by atoms with van der Waals surface area (Å²) in [7, 11) is 6.17. The van der Waals surface area contributed by atoms with E-state index in [0.29, 0.717) is 50.6 Å². The highest BCUT2D eigenvalue weighted by molar-refractivity contribution is 7.22. The van der Waals surface area contributed by atoms with E-state index >= 15 is 0 Å². The number of para-hydroxylation sites is 1. The summed E-state index contributed by atoms with van der Waals surface area (Å²) >= 11 is 8.59. The normalized spacial score (nSPS) is 15.1. The number of hydrogen-bond donors (Lipinski definition) is 1. The molecule has 10 nitrogen and oxygen atoms in total. The van der Waals surface area contributed by atoms with E-state index in [1.165, 1.54) is 29.8 Å². The van der Waals surface area contributed by atoms with E-state index in [2.05, 4.69) is 24.0 Å². The fraction of sp³-hybridized carbons (Fsp3) is 0.292. The number of aromatic nitrogens is 4. The monoisotopic (exact) mass is 859 g/mol. The van der Waals surface area contributed by atoms with E-state index < -0.39 is 5.60 Å². The molecule has 3 aromatic heterocycles. The second kappa shape index (κ2) is 17.8. The fourth-order valence-corrected chi connectivity index (χ4v) is 9.14. The number of aliphatic hydroxyl groups is 1. The number of piperazine rings is 1. The van der Waals surface area contributed by atoms with E-state index in [4.69, 9.17) is 40.8 Å². The second-order valence-electron chi connectivity index (χ2n) is 16.3. The molecule has 0 aliphatic carbocycles. The van der Waals surface area contributed by atoms with Crippen molar-refractivity contribution in [1.29, 1.82) is 0 Å². The first-order valence-corrected chi connectivity index (χ1v) is 21.5. The van der Waals surface area contributed by atoms with Crippen LogP contribution >= 0.6 is 22.9 Å². The van der Waals surface area contributed by atoms with Gasteiger partial charge in [0.2, 0.25) is 0 Å². The Morgan fingerprint density at radius 2 is 1.62 bits per heavy atom. The Morgan fingerprint density at radius 1 is 0.885 bits per heavy atom. The highest BCUT2D eigenvalue weighted by Crippen LogP contribution is 2.49. The molecule has 1 atom stereocenters. The summed E-state index contributed by atoms with van der Waals surface area (Å²) in [5.41, 5.74) is 4.58. The molecule has 314 valence electrons. The molecule has 4 aromatic carbocycles. The van der Waals surface area contributed by atoms with E-state index in [1.54, 1.807) is 32.4 Å². The maximum atomic E-state index is 14.3. The van der Waals surface area contributed by atoms with Crippen molar-refractivity contribution < 1.29 is 28.2 Å². The van der Waals surface area contributed by atoms with E-state index in [-0.39, 0.29) is 18.8 Å².